The number of halogens is 1. The summed E-state index contributed by atoms with van der Waals surface area (Å²) in [5.41, 5.74) is 1.86. The van der Waals surface area contributed by atoms with E-state index >= 15 is 0 Å². The fraction of sp³-hybridized carbons (Fsp3) is 0.562. The van der Waals surface area contributed by atoms with Crippen LogP contribution in [0.3, 0.4) is 0 Å². The van der Waals surface area contributed by atoms with Crippen molar-refractivity contribution in [3.8, 4) is 0 Å². The second-order valence-electron chi connectivity index (χ2n) is 5.56. The summed E-state index contributed by atoms with van der Waals surface area (Å²) in [6, 6.07) is 6.12. The quantitative estimate of drug-likeness (QED) is 0.874. The predicted molar refractivity (Wildman–Crippen MR) is 82.4 cm³/mol. The van der Waals surface area contributed by atoms with E-state index in [4.69, 9.17) is 0 Å². The van der Waals surface area contributed by atoms with E-state index in [1.165, 1.54) is 19.3 Å². The molecule has 19 heavy (non-hydrogen) atoms. The summed E-state index contributed by atoms with van der Waals surface area (Å²) in [5, 5.41) is 3.17. The molecule has 2 nitrogen and oxygen atoms in total. The predicted octanol–water partition coefficient (Wildman–Crippen LogP) is 4.46. The SMILES string of the molecule is CCC1CCC(NC(=O)c2ccc(Br)c(C)c2)CC1. The number of hydrogen-bond acceptors (Lipinski definition) is 1. The Morgan fingerprint density at radius 3 is 2.58 bits per heavy atom. The number of hydrogen-bond donors (Lipinski definition) is 1. The molecule has 104 valence electrons. The Bertz CT molecular complexity index is 450. The Morgan fingerprint density at radius 1 is 1.32 bits per heavy atom. The number of benzene rings is 1. The monoisotopic (exact) mass is 323 g/mol. The second-order valence-corrected chi connectivity index (χ2v) is 6.42. The molecule has 1 aromatic rings. The molecule has 0 radical (unpaired) electrons. The Morgan fingerprint density at radius 2 is 2.00 bits per heavy atom. The number of nitrogens with one attached hydrogen (secondary N) is 1. The van der Waals surface area contributed by atoms with Gasteiger partial charge in [0.15, 0.2) is 0 Å². The third kappa shape index (κ3) is 3.82. The summed E-state index contributed by atoms with van der Waals surface area (Å²) < 4.78 is 1.05. The topological polar surface area (TPSA) is 29.1 Å². The van der Waals surface area contributed by atoms with Gasteiger partial charge in [0.1, 0.15) is 0 Å². The van der Waals surface area contributed by atoms with Gasteiger partial charge in [-0.15, -0.1) is 0 Å². The zero-order valence-corrected chi connectivity index (χ0v) is 13.3. The van der Waals surface area contributed by atoms with E-state index in [9.17, 15) is 4.79 Å². The van der Waals surface area contributed by atoms with Crippen LogP contribution < -0.4 is 5.32 Å². The van der Waals surface area contributed by atoms with Crippen LogP contribution >= 0.6 is 15.9 Å². The van der Waals surface area contributed by atoms with Gasteiger partial charge in [0.2, 0.25) is 0 Å². The van der Waals surface area contributed by atoms with Gasteiger partial charge >= 0.3 is 0 Å². The van der Waals surface area contributed by atoms with Crippen molar-refractivity contribution >= 4 is 21.8 Å². The fourth-order valence-corrected chi connectivity index (χ4v) is 3.02. The van der Waals surface area contributed by atoms with Crippen molar-refractivity contribution in [1.29, 1.82) is 0 Å². The fourth-order valence-electron chi connectivity index (χ4n) is 2.77. The number of amides is 1. The van der Waals surface area contributed by atoms with Gasteiger partial charge in [-0.05, 0) is 62.3 Å². The Hall–Kier alpha value is -0.830. The van der Waals surface area contributed by atoms with Crippen LogP contribution in [0.1, 0.15) is 54.9 Å². The maximum absolute atomic E-state index is 12.2. The molecule has 0 saturated heterocycles. The van der Waals surface area contributed by atoms with E-state index in [1.54, 1.807) is 0 Å². The number of carbonyl (C=O) groups excluding carboxylic acids is 1. The third-order valence-corrected chi connectivity index (χ3v) is 5.07. The Balaban J connectivity index is 1.92. The maximum Gasteiger partial charge on any atom is 0.251 e. The van der Waals surface area contributed by atoms with E-state index in [0.717, 1.165) is 34.4 Å². The maximum atomic E-state index is 12.2. The van der Waals surface area contributed by atoms with Crippen molar-refractivity contribution in [2.24, 2.45) is 5.92 Å². The lowest BCUT2D eigenvalue weighted by molar-refractivity contribution is 0.0921. The van der Waals surface area contributed by atoms with Crippen LogP contribution in [0, 0.1) is 12.8 Å². The number of carbonyl (C=O) groups is 1. The standard InChI is InChI=1S/C16H22BrNO/c1-3-12-4-7-14(8-5-12)18-16(19)13-6-9-15(17)11(2)10-13/h6,9-10,12,14H,3-5,7-8H2,1-2H3,(H,18,19). The third-order valence-electron chi connectivity index (χ3n) is 4.18. The van der Waals surface area contributed by atoms with Gasteiger partial charge in [-0.3, -0.25) is 4.79 Å². The molecule has 1 aromatic carbocycles. The molecule has 1 aliphatic carbocycles. The minimum absolute atomic E-state index is 0.0653. The van der Waals surface area contributed by atoms with Crippen LogP contribution in [0.2, 0.25) is 0 Å². The first kappa shape index (κ1) is 14.6. The molecule has 1 N–H and O–H groups in total. The van der Waals surface area contributed by atoms with Gasteiger partial charge < -0.3 is 5.32 Å². The molecule has 1 amide bonds. The lowest BCUT2D eigenvalue weighted by Crippen LogP contribution is -2.37. The smallest absolute Gasteiger partial charge is 0.251 e. The van der Waals surface area contributed by atoms with Gasteiger partial charge in [-0.2, -0.15) is 0 Å². The van der Waals surface area contributed by atoms with E-state index in [1.807, 2.05) is 25.1 Å². The largest absolute Gasteiger partial charge is 0.349 e. The summed E-state index contributed by atoms with van der Waals surface area (Å²) in [6.45, 7) is 4.27. The van der Waals surface area contributed by atoms with Crippen molar-refractivity contribution in [2.75, 3.05) is 0 Å². The zero-order valence-electron chi connectivity index (χ0n) is 11.7. The lowest BCUT2D eigenvalue weighted by atomic mass is 9.84. The zero-order chi connectivity index (χ0) is 13.8. The van der Waals surface area contributed by atoms with Gasteiger partial charge in [-0.25, -0.2) is 0 Å². The summed E-state index contributed by atoms with van der Waals surface area (Å²) in [5.74, 6) is 0.929. The van der Waals surface area contributed by atoms with Crippen LogP contribution in [0.15, 0.2) is 22.7 Å². The lowest BCUT2D eigenvalue weighted by Gasteiger charge is -2.28. The number of aryl methyl sites for hydroxylation is 1. The minimum atomic E-state index is 0.0653. The first-order valence-electron chi connectivity index (χ1n) is 7.17. The minimum Gasteiger partial charge on any atom is -0.349 e. The highest BCUT2D eigenvalue weighted by Crippen LogP contribution is 2.26. The second kappa shape index (κ2) is 6.56. The highest BCUT2D eigenvalue weighted by atomic mass is 79.9. The van der Waals surface area contributed by atoms with Crippen LogP contribution in [-0.2, 0) is 0 Å². The molecule has 0 unspecified atom stereocenters. The molecule has 0 heterocycles. The molecule has 0 aliphatic heterocycles. The number of rotatable bonds is 3. The van der Waals surface area contributed by atoms with E-state index < -0.39 is 0 Å². The van der Waals surface area contributed by atoms with E-state index in [0.29, 0.717) is 6.04 Å². The molecule has 0 bridgehead atoms. The van der Waals surface area contributed by atoms with Gasteiger partial charge in [0, 0.05) is 16.1 Å². The van der Waals surface area contributed by atoms with Crippen LogP contribution in [0.4, 0.5) is 0 Å². The average Bonchev–Trinajstić information content (AvgIpc) is 2.42. The highest BCUT2D eigenvalue weighted by Gasteiger charge is 2.21. The van der Waals surface area contributed by atoms with Crippen LogP contribution in [-0.4, -0.2) is 11.9 Å². The first-order chi connectivity index (χ1) is 9.10. The molecular weight excluding hydrogens is 302 g/mol. The molecule has 1 fully saturated rings. The van der Waals surface area contributed by atoms with Gasteiger partial charge in [-0.1, -0.05) is 29.3 Å². The van der Waals surface area contributed by atoms with Crippen molar-refractivity contribution in [2.45, 2.75) is 52.0 Å². The van der Waals surface area contributed by atoms with Gasteiger partial charge in [0.25, 0.3) is 5.91 Å². The summed E-state index contributed by atoms with van der Waals surface area (Å²) in [6.07, 6.45) is 6.02. The van der Waals surface area contributed by atoms with Crippen LogP contribution in [0.5, 0.6) is 0 Å². The van der Waals surface area contributed by atoms with Crippen molar-refractivity contribution in [3.05, 3.63) is 33.8 Å². The van der Waals surface area contributed by atoms with E-state index in [2.05, 4.69) is 28.2 Å². The highest BCUT2D eigenvalue weighted by molar-refractivity contribution is 9.10. The molecular formula is C16H22BrNO. The van der Waals surface area contributed by atoms with Crippen LogP contribution in [0.25, 0.3) is 0 Å². The molecule has 0 spiro atoms. The first-order valence-corrected chi connectivity index (χ1v) is 7.96. The molecule has 3 heteroatoms. The van der Waals surface area contributed by atoms with Crippen molar-refractivity contribution in [3.63, 3.8) is 0 Å². The Labute approximate surface area is 124 Å². The average molecular weight is 324 g/mol. The summed E-state index contributed by atoms with van der Waals surface area (Å²) >= 11 is 3.46. The van der Waals surface area contributed by atoms with Crippen molar-refractivity contribution in [1.82, 2.24) is 5.32 Å². The van der Waals surface area contributed by atoms with Crippen molar-refractivity contribution < 1.29 is 4.79 Å². The molecule has 0 aromatic heterocycles. The molecule has 1 saturated carbocycles. The summed E-state index contributed by atoms with van der Waals surface area (Å²) in [4.78, 5) is 12.2. The Kier molecular flexibility index (Phi) is 5.03. The molecule has 0 atom stereocenters. The normalized spacial score (nSPS) is 23.1. The van der Waals surface area contributed by atoms with Gasteiger partial charge in [0.05, 0.1) is 0 Å². The molecule has 2 rings (SSSR count). The summed E-state index contributed by atoms with van der Waals surface area (Å²) in [7, 11) is 0. The molecule has 1 aliphatic rings. The van der Waals surface area contributed by atoms with E-state index in [-0.39, 0.29) is 5.91 Å².